The number of amides is 1. The SMILES string of the molecule is O=C(CN1C(=O)C(=O)c2c(Cl)ccc(Cl)c21)c1cccs1. The molecule has 0 saturated carbocycles. The van der Waals surface area contributed by atoms with Crippen molar-refractivity contribution in [2.75, 3.05) is 11.4 Å². The molecule has 1 aromatic carbocycles. The number of carbonyl (C=O) groups excluding carboxylic acids is 3. The van der Waals surface area contributed by atoms with Gasteiger partial charge in [-0.2, -0.15) is 0 Å². The van der Waals surface area contributed by atoms with E-state index >= 15 is 0 Å². The van der Waals surface area contributed by atoms with E-state index in [0.717, 1.165) is 4.90 Å². The molecule has 1 aromatic heterocycles. The first-order valence-electron chi connectivity index (χ1n) is 5.91. The number of benzene rings is 1. The van der Waals surface area contributed by atoms with Crippen molar-refractivity contribution in [3.05, 3.63) is 50.1 Å². The molecule has 0 radical (unpaired) electrons. The van der Waals surface area contributed by atoms with E-state index in [-0.39, 0.29) is 33.6 Å². The molecule has 0 fully saturated rings. The number of ketones is 2. The number of thiophene rings is 1. The van der Waals surface area contributed by atoms with Crippen LogP contribution in [-0.4, -0.2) is 24.0 Å². The highest BCUT2D eigenvalue weighted by molar-refractivity contribution is 7.12. The molecule has 2 heterocycles. The fourth-order valence-corrected chi connectivity index (χ4v) is 3.32. The number of halogens is 2. The molecule has 1 amide bonds. The highest BCUT2D eigenvalue weighted by Gasteiger charge is 2.40. The minimum atomic E-state index is -0.787. The van der Waals surface area contributed by atoms with E-state index in [9.17, 15) is 14.4 Å². The third kappa shape index (κ3) is 2.27. The van der Waals surface area contributed by atoms with Gasteiger partial charge in [-0.15, -0.1) is 11.3 Å². The quantitative estimate of drug-likeness (QED) is 0.635. The number of anilines is 1. The van der Waals surface area contributed by atoms with Crippen molar-refractivity contribution in [2.45, 2.75) is 0 Å². The lowest BCUT2D eigenvalue weighted by Gasteiger charge is -2.16. The van der Waals surface area contributed by atoms with Crippen LogP contribution in [0, 0.1) is 0 Å². The Morgan fingerprint density at radius 3 is 2.52 bits per heavy atom. The Morgan fingerprint density at radius 2 is 1.86 bits per heavy atom. The van der Waals surface area contributed by atoms with Crippen molar-refractivity contribution in [1.82, 2.24) is 0 Å². The van der Waals surface area contributed by atoms with E-state index < -0.39 is 11.7 Å². The summed E-state index contributed by atoms with van der Waals surface area (Å²) in [4.78, 5) is 37.8. The Kier molecular flexibility index (Phi) is 3.57. The maximum absolute atomic E-state index is 12.1. The number of fused-ring (bicyclic) bond motifs is 1. The van der Waals surface area contributed by atoms with Crippen LogP contribution in [0.3, 0.4) is 0 Å². The van der Waals surface area contributed by atoms with Gasteiger partial charge in [-0.3, -0.25) is 19.3 Å². The van der Waals surface area contributed by atoms with Gasteiger partial charge < -0.3 is 0 Å². The fourth-order valence-electron chi connectivity index (χ4n) is 2.16. The van der Waals surface area contributed by atoms with Crippen LogP contribution in [-0.2, 0) is 4.79 Å². The van der Waals surface area contributed by atoms with Gasteiger partial charge in [0.15, 0.2) is 5.78 Å². The lowest BCUT2D eigenvalue weighted by atomic mass is 10.1. The van der Waals surface area contributed by atoms with Crippen molar-refractivity contribution >= 4 is 57.7 Å². The minimum absolute atomic E-state index is 0.0631. The highest BCUT2D eigenvalue weighted by Crippen LogP contribution is 2.40. The third-order valence-electron chi connectivity index (χ3n) is 3.11. The topological polar surface area (TPSA) is 54.5 Å². The van der Waals surface area contributed by atoms with E-state index in [1.54, 1.807) is 17.5 Å². The zero-order chi connectivity index (χ0) is 15.1. The minimum Gasteiger partial charge on any atom is -0.295 e. The molecule has 4 nitrogen and oxygen atoms in total. The summed E-state index contributed by atoms with van der Waals surface area (Å²) in [6.45, 7) is -0.238. The summed E-state index contributed by atoms with van der Waals surface area (Å²) in [6.07, 6.45) is 0. The number of nitrogens with zero attached hydrogens (tertiary/aromatic N) is 1. The van der Waals surface area contributed by atoms with Crippen LogP contribution in [0.1, 0.15) is 20.0 Å². The molecule has 0 saturated heterocycles. The first-order valence-corrected chi connectivity index (χ1v) is 7.55. The smallest absolute Gasteiger partial charge is 0.295 e. The van der Waals surface area contributed by atoms with Crippen LogP contribution in [0.5, 0.6) is 0 Å². The van der Waals surface area contributed by atoms with E-state index in [4.69, 9.17) is 23.2 Å². The molecule has 0 unspecified atom stereocenters. The molecule has 2 aromatic rings. The summed E-state index contributed by atoms with van der Waals surface area (Å²) in [5.41, 5.74) is 0.275. The summed E-state index contributed by atoms with van der Waals surface area (Å²) < 4.78 is 0. The van der Waals surface area contributed by atoms with Crippen LogP contribution >= 0.6 is 34.5 Å². The van der Waals surface area contributed by atoms with Gasteiger partial charge in [-0.1, -0.05) is 29.3 Å². The van der Waals surface area contributed by atoms with Crippen LogP contribution in [0.15, 0.2) is 29.6 Å². The van der Waals surface area contributed by atoms with Gasteiger partial charge in [0.05, 0.1) is 32.7 Å². The standard InChI is InChI=1S/C14H7Cl2NO3S/c15-7-3-4-8(16)12-11(7)13(19)14(20)17(12)6-9(18)10-2-1-5-21-10/h1-5H,6H2. The number of Topliss-reactive ketones (excluding diaryl/α,β-unsaturated/α-hetero) is 2. The Balaban J connectivity index is 2.02. The van der Waals surface area contributed by atoms with Crippen molar-refractivity contribution in [3.8, 4) is 0 Å². The van der Waals surface area contributed by atoms with Crippen molar-refractivity contribution in [1.29, 1.82) is 0 Å². The second kappa shape index (κ2) is 5.26. The van der Waals surface area contributed by atoms with Gasteiger partial charge in [0.2, 0.25) is 0 Å². The largest absolute Gasteiger partial charge is 0.300 e. The lowest BCUT2D eigenvalue weighted by Crippen LogP contribution is -2.34. The molecule has 0 N–H and O–H groups in total. The molecule has 106 valence electrons. The molecule has 1 aliphatic heterocycles. The lowest BCUT2D eigenvalue weighted by molar-refractivity contribution is -0.114. The van der Waals surface area contributed by atoms with Crippen LogP contribution in [0.2, 0.25) is 10.0 Å². The number of carbonyl (C=O) groups is 3. The molecule has 7 heteroatoms. The van der Waals surface area contributed by atoms with Gasteiger partial charge >= 0.3 is 0 Å². The molecule has 21 heavy (non-hydrogen) atoms. The predicted molar refractivity (Wildman–Crippen MR) is 81.8 cm³/mol. The molecule has 0 spiro atoms. The predicted octanol–water partition coefficient (Wildman–Crippen LogP) is 3.47. The average molecular weight is 340 g/mol. The van der Waals surface area contributed by atoms with Crippen molar-refractivity contribution in [3.63, 3.8) is 0 Å². The normalized spacial score (nSPS) is 13.7. The van der Waals surface area contributed by atoms with E-state index in [1.807, 2.05) is 0 Å². The zero-order valence-corrected chi connectivity index (χ0v) is 12.8. The Bertz CT molecular complexity index is 771. The maximum Gasteiger partial charge on any atom is 0.300 e. The molecular weight excluding hydrogens is 333 g/mol. The average Bonchev–Trinajstić information content (AvgIpc) is 3.06. The van der Waals surface area contributed by atoms with Crippen LogP contribution in [0.4, 0.5) is 5.69 Å². The Morgan fingerprint density at radius 1 is 1.14 bits per heavy atom. The Labute approximate surface area is 133 Å². The van der Waals surface area contributed by atoms with Gasteiger partial charge in [-0.25, -0.2) is 0 Å². The molecule has 1 aliphatic rings. The zero-order valence-electron chi connectivity index (χ0n) is 10.4. The molecular formula is C14H7Cl2NO3S. The van der Waals surface area contributed by atoms with E-state index in [2.05, 4.69) is 0 Å². The molecule has 0 atom stereocenters. The number of rotatable bonds is 3. The van der Waals surface area contributed by atoms with Crippen molar-refractivity contribution < 1.29 is 14.4 Å². The molecule has 0 bridgehead atoms. The van der Waals surface area contributed by atoms with Crippen molar-refractivity contribution in [2.24, 2.45) is 0 Å². The maximum atomic E-state index is 12.1. The summed E-state index contributed by atoms with van der Waals surface area (Å²) >= 11 is 13.3. The van der Waals surface area contributed by atoms with E-state index in [1.165, 1.54) is 23.5 Å². The number of hydrogen-bond acceptors (Lipinski definition) is 4. The van der Waals surface area contributed by atoms with Gasteiger partial charge in [0.1, 0.15) is 0 Å². The van der Waals surface area contributed by atoms with Gasteiger partial charge in [-0.05, 0) is 23.6 Å². The second-order valence-corrected chi connectivity index (χ2v) is 6.14. The summed E-state index contributed by atoms with van der Waals surface area (Å²) in [5, 5.41) is 2.13. The van der Waals surface area contributed by atoms with E-state index in [0.29, 0.717) is 4.88 Å². The van der Waals surface area contributed by atoms with Crippen LogP contribution in [0.25, 0.3) is 0 Å². The van der Waals surface area contributed by atoms with Crippen LogP contribution < -0.4 is 4.90 Å². The monoisotopic (exact) mass is 339 g/mol. The fraction of sp³-hybridized carbons (Fsp3) is 0.0714. The number of hydrogen-bond donors (Lipinski definition) is 0. The van der Waals surface area contributed by atoms with Gasteiger partial charge in [0.25, 0.3) is 11.7 Å². The summed E-state index contributed by atoms with van der Waals surface area (Å²) in [5.74, 6) is -1.78. The summed E-state index contributed by atoms with van der Waals surface area (Å²) in [6, 6.07) is 6.36. The third-order valence-corrected chi connectivity index (χ3v) is 4.64. The Hall–Kier alpha value is -1.69. The first kappa shape index (κ1) is 14.3. The summed E-state index contributed by atoms with van der Waals surface area (Å²) in [7, 11) is 0. The molecule has 0 aliphatic carbocycles. The molecule has 3 rings (SSSR count). The van der Waals surface area contributed by atoms with Gasteiger partial charge in [0, 0.05) is 0 Å². The first-order chi connectivity index (χ1) is 10.0. The second-order valence-electron chi connectivity index (χ2n) is 4.37. The highest BCUT2D eigenvalue weighted by atomic mass is 35.5.